The monoisotopic (exact) mass is 325 g/mol. The van der Waals surface area contributed by atoms with Crippen LogP contribution in [-0.2, 0) is 6.18 Å². The average molecular weight is 325 g/mol. The van der Waals surface area contributed by atoms with Gasteiger partial charge in [-0.1, -0.05) is 12.1 Å². The molecule has 5 nitrogen and oxygen atoms in total. The van der Waals surface area contributed by atoms with Crippen LogP contribution in [0.5, 0.6) is 5.75 Å². The van der Waals surface area contributed by atoms with Crippen molar-refractivity contribution in [1.29, 1.82) is 0 Å². The van der Waals surface area contributed by atoms with Crippen LogP contribution in [0.3, 0.4) is 0 Å². The molecule has 1 aromatic heterocycles. The molecule has 0 bridgehead atoms. The number of hydrogen-bond donors (Lipinski definition) is 1. The highest BCUT2D eigenvalue weighted by Crippen LogP contribution is 2.25. The summed E-state index contributed by atoms with van der Waals surface area (Å²) < 4.78 is 42.4. The molecule has 0 radical (unpaired) electrons. The number of nitrogens with one attached hydrogen (secondary N) is 1. The van der Waals surface area contributed by atoms with Gasteiger partial charge in [-0.15, -0.1) is 0 Å². The number of hydrogen-bond acceptors (Lipinski definition) is 4. The predicted octanol–water partition coefficient (Wildman–Crippen LogP) is 2.61. The predicted molar refractivity (Wildman–Crippen MR) is 76.0 cm³/mol. The van der Waals surface area contributed by atoms with E-state index in [2.05, 4.69) is 15.3 Å². The lowest BCUT2D eigenvalue weighted by molar-refractivity contribution is -0.145. The molecule has 0 spiro atoms. The molecule has 0 aliphatic rings. The van der Waals surface area contributed by atoms with Gasteiger partial charge in [0.1, 0.15) is 12.4 Å². The summed E-state index contributed by atoms with van der Waals surface area (Å²) >= 11 is 0. The number of aryl methyl sites for hydroxylation is 1. The lowest BCUT2D eigenvalue weighted by Gasteiger charge is -2.08. The number of carbonyl (C=O) groups is 1. The fourth-order valence-electron chi connectivity index (χ4n) is 1.73. The Morgan fingerprint density at radius 3 is 2.57 bits per heavy atom. The Balaban J connectivity index is 1.81. The van der Waals surface area contributed by atoms with Crippen LogP contribution in [0.2, 0.25) is 0 Å². The zero-order valence-corrected chi connectivity index (χ0v) is 12.2. The molecule has 8 heteroatoms. The lowest BCUT2D eigenvalue weighted by Crippen LogP contribution is -2.28. The molecule has 0 unspecified atom stereocenters. The summed E-state index contributed by atoms with van der Waals surface area (Å²) in [7, 11) is 0. The van der Waals surface area contributed by atoms with E-state index in [1.807, 2.05) is 25.1 Å². The minimum atomic E-state index is -4.63. The number of carbonyl (C=O) groups excluding carboxylic acids is 1. The van der Waals surface area contributed by atoms with E-state index in [1.165, 1.54) is 0 Å². The summed E-state index contributed by atoms with van der Waals surface area (Å²) in [5.41, 5.74) is 1.00. The van der Waals surface area contributed by atoms with E-state index in [9.17, 15) is 18.0 Å². The second kappa shape index (κ2) is 7.08. The van der Waals surface area contributed by atoms with Gasteiger partial charge in [-0.3, -0.25) is 4.79 Å². The highest BCUT2D eigenvalue weighted by molar-refractivity contribution is 5.93. The van der Waals surface area contributed by atoms with Crippen LogP contribution in [0, 0.1) is 6.92 Å². The number of halogens is 3. The minimum Gasteiger partial charge on any atom is -0.492 e. The molecule has 2 aromatic rings. The fraction of sp³-hybridized carbons (Fsp3) is 0.267. The van der Waals surface area contributed by atoms with E-state index in [-0.39, 0.29) is 18.7 Å². The van der Waals surface area contributed by atoms with Crippen LogP contribution in [-0.4, -0.2) is 29.0 Å². The number of amides is 1. The smallest absolute Gasteiger partial charge is 0.451 e. The van der Waals surface area contributed by atoms with Crippen molar-refractivity contribution in [3.8, 4) is 5.75 Å². The Bertz CT molecular complexity index is 672. The molecule has 23 heavy (non-hydrogen) atoms. The first-order valence-corrected chi connectivity index (χ1v) is 6.73. The van der Waals surface area contributed by atoms with Gasteiger partial charge < -0.3 is 10.1 Å². The Morgan fingerprint density at radius 1 is 1.26 bits per heavy atom. The van der Waals surface area contributed by atoms with Gasteiger partial charge in [-0.25, -0.2) is 9.97 Å². The van der Waals surface area contributed by atoms with Crippen LogP contribution < -0.4 is 10.1 Å². The minimum absolute atomic E-state index is 0.0476. The van der Waals surface area contributed by atoms with E-state index in [0.29, 0.717) is 5.75 Å². The number of aromatic nitrogens is 2. The van der Waals surface area contributed by atoms with Crippen LogP contribution in [0.15, 0.2) is 36.7 Å². The summed E-state index contributed by atoms with van der Waals surface area (Å²) in [5.74, 6) is -1.17. The SMILES string of the molecule is Cc1cccc(OCCNC(=O)c2cnc(C(F)(F)F)nc2)c1. The zero-order valence-electron chi connectivity index (χ0n) is 12.2. The van der Waals surface area contributed by atoms with Crippen LogP contribution in [0.4, 0.5) is 13.2 Å². The zero-order chi connectivity index (χ0) is 16.9. The van der Waals surface area contributed by atoms with Gasteiger partial charge in [0, 0.05) is 12.4 Å². The fourth-order valence-corrected chi connectivity index (χ4v) is 1.73. The number of alkyl halides is 3. The molecule has 122 valence electrons. The molecule has 1 heterocycles. The van der Waals surface area contributed by atoms with E-state index in [4.69, 9.17) is 4.74 Å². The third-order valence-electron chi connectivity index (χ3n) is 2.81. The summed E-state index contributed by atoms with van der Waals surface area (Å²) in [6.45, 7) is 2.36. The van der Waals surface area contributed by atoms with Crippen LogP contribution in [0.1, 0.15) is 21.7 Å². The second-order valence-electron chi connectivity index (χ2n) is 4.71. The normalized spacial score (nSPS) is 11.1. The maximum atomic E-state index is 12.3. The average Bonchev–Trinajstić information content (AvgIpc) is 2.51. The van der Waals surface area contributed by atoms with Crippen molar-refractivity contribution >= 4 is 5.91 Å². The van der Waals surface area contributed by atoms with Crippen LogP contribution in [0.25, 0.3) is 0 Å². The van der Waals surface area contributed by atoms with Gasteiger partial charge in [0.2, 0.25) is 5.82 Å². The highest BCUT2D eigenvalue weighted by atomic mass is 19.4. The highest BCUT2D eigenvalue weighted by Gasteiger charge is 2.34. The van der Waals surface area contributed by atoms with Gasteiger partial charge in [0.15, 0.2) is 0 Å². The topological polar surface area (TPSA) is 64.1 Å². The molecule has 0 aliphatic heterocycles. The van der Waals surface area contributed by atoms with Crippen molar-refractivity contribution in [2.24, 2.45) is 0 Å². The number of nitrogens with zero attached hydrogens (tertiary/aromatic N) is 2. The standard InChI is InChI=1S/C15H14F3N3O2/c1-10-3-2-4-12(7-10)23-6-5-19-13(22)11-8-20-14(21-9-11)15(16,17)18/h2-4,7-9H,5-6H2,1H3,(H,19,22). The number of ether oxygens (including phenoxy) is 1. The maximum Gasteiger partial charge on any atom is 0.451 e. The van der Waals surface area contributed by atoms with Crippen molar-refractivity contribution in [1.82, 2.24) is 15.3 Å². The molecule has 0 aliphatic carbocycles. The number of rotatable bonds is 5. The molecule has 0 saturated carbocycles. The van der Waals surface area contributed by atoms with E-state index in [1.54, 1.807) is 6.07 Å². The van der Waals surface area contributed by atoms with E-state index < -0.39 is 17.9 Å². The molecule has 1 N–H and O–H groups in total. The van der Waals surface area contributed by atoms with Crippen molar-refractivity contribution in [2.75, 3.05) is 13.2 Å². The molecule has 0 saturated heterocycles. The van der Waals surface area contributed by atoms with Gasteiger partial charge in [-0.05, 0) is 24.6 Å². The van der Waals surface area contributed by atoms with Gasteiger partial charge in [0.25, 0.3) is 5.91 Å². The molecule has 0 fully saturated rings. The quantitative estimate of drug-likeness (QED) is 0.858. The van der Waals surface area contributed by atoms with E-state index in [0.717, 1.165) is 18.0 Å². The summed E-state index contributed by atoms with van der Waals surface area (Å²) in [6.07, 6.45) is -2.95. The Labute approximate surface area is 130 Å². The van der Waals surface area contributed by atoms with Crippen molar-refractivity contribution in [3.63, 3.8) is 0 Å². The Hall–Kier alpha value is -2.64. The van der Waals surface area contributed by atoms with Crippen LogP contribution >= 0.6 is 0 Å². The van der Waals surface area contributed by atoms with Crippen molar-refractivity contribution in [3.05, 3.63) is 53.6 Å². The first-order chi connectivity index (χ1) is 10.9. The molecule has 2 rings (SSSR count). The molecular formula is C15H14F3N3O2. The third-order valence-corrected chi connectivity index (χ3v) is 2.81. The first-order valence-electron chi connectivity index (χ1n) is 6.73. The summed E-state index contributed by atoms with van der Waals surface area (Å²) in [6, 6.07) is 7.42. The first kappa shape index (κ1) is 16.7. The number of benzene rings is 1. The molecule has 1 aromatic carbocycles. The molecule has 0 atom stereocenters. The Morgan fingerprint density at radius 2 is 1.96 bits per heavy atom. The largest absolute Gasteiger partial charge is 0.492 e. The third kappa shape index (κ3) is 4.94. The lowest BCUT2D eigenvalue weighted by atomic mass is 10.2. The Kier molecular flexibility index (Phi) is 5.15. The molecule has 1 amide bonds. The van der Waals surface area contributed by atoms with Crippen molar-refractivity contribution < 1.29 is 22.7 Å². The van der Waals surface area contributed by atoms with Gasteiger partial charge >= 0.3 is 6.18 Å². The van der Waals surface area contributed by atoms with E-state index >= 15 is 0 Å². The summed E-state index contributed by atoms with van der Waals surface area (Å²) in [4.78, 5) is 18.0. The maximum absolute atomic E-state index is 12.3. The molecular weight excluding hydrogens is 311 g/mol. The van der Waals surface area contributed by atoms with Gasteiger partial charge in [0.05, 0.1) is 12.1 Å². The van der Waals surface area contributed by atoms with Crippen molar-refractivity contribution in [2.45, 2.75) is 13.1 Å². The second-order valence-corrected chi connectivity index (χ2v) is 4.71. The van der Waals surface area contributed by atoms with Gasteiger partial charge in [-0.2, -0.15) is 13.2 Å². The summed E-state index contributed by atoms with van der Waals surface area (Å²) in [5, 5.41) is 2.52.